The largest absolute Gasteiger partial charge is 0.207 e. The summed E-state index contributed by atoms with van der Waals surface area (Å²) in [6, 6.07) is 6.95. The maximum atomic E-state index is 12.7. The molecule has 0 aliphatic carbocycles. The van der Waals surface area contributed by atoms with Crippen LogP contribution in [-0.4, -0.2) is 0 Å². The fourth-order valence-electron chi connectivity index (χ4n) is 1.79. The molecule has 1 rings (SSSR count). The van der Waals surface area contributed by atoms with Gasteiger partial charge >= 0.3 is 0 Å². The van der Waals surface area contributed by atoms with E-state index in [4.69, 9.17) is 0 Å². The molecule has 1 heteroatoms. The summed E-state index contributed by atoms with van der Waals surface area (Å²) in [5.41, 5.74) is 1.28. The van der Waals surface area contributed by atoms with Gasteiger partial charge in [0.05, 0.1) is 0 Å². The van der Waals surface area contributed by atoms with Crippen LogP contribution in [0.4, 0.5) is 4.39 Å². The summed E-state index contributed by atoms with van der Waals surface area (Å²) in [5, 5.41) is 0. The first-order valence-corrected chi connectivity index (χ1v) is 5.53. The Balaban J connectivity index is 2.64. The van der Waals surface area contributed by atoms with Crippen LogP contribution in [0.15, 0.2) is 24.3 Å². The quantitative estimate of drug-likeness (QED) is 0.647. The zero-order chi connectivity index (χ0) is 10.4. The third kappa shape index (κ3) is 3.13. The molecule has 14 heavy (non-hydrogen) atoms. The number of hydrogen-bond acceptors (Lipinski definition) is 0. The van der Waals surface area contributed by atoms with E-state index in [0.717, 1.165) is 6.42 Å². The van der Waals surface area contributed by atoms with Gasteiger partial charge in [0.2, 0.25) is 0 Å². The molecule has 0 nitrogen and oxygen atoms in total. The Morgan fingerprint density at radius 2 is 1.79 bits per heavy atom. The van der Waals surface area contributed by atoms with Gasteiger partial charge in [-0.15, -0.1) is 0 Å². The van der Waals surface area contributed by atoms with Crippen LogP contribution in [0.5, 0.6) is 0 Å². The standard InChI is InChI=1S/C13H19F/c1-3-5-6-11(4-2)12-7-9-13(14)10-8-12/h7-11H,3-6H2,1-2H3. The van der Waals surface area contributed by atoms with E-state index < -0.39 is 0 Å². The van der Waals surface area contributed by atoms with Gasteiger partial charge in [0.15, 0.2) is 0 Å². The lowest BCUT2D eigenvalue weighted by molar-refractivity contribution is 0.566. The van der Waals surface area contributed by atoms with Crippen LogP contribution < -0.4 is 0 Å². The summed E-state index contributed by atoms with van der Waals surface area (Å²) in [6.45, 7) is 4.40. The van der Waals surface area contributed by atoms with Crippen LogP contribution in [0.3, 0.4) is 0 Å². The number of unbranched alkanes of at least 4 members (excludes halogenated alkanes) is 1. The summed E-state index contributed by atoms with van der Waals surface area (Å²) in [6.07, 6.45) is 4.86. The second-order valence-electron chi connectivity index (χ2n) is 3.80. The molecule has 1 aromatic rings. The van der Waals surface area contributed by atoms with Crippen molar-refractivity contribution in [1.29, 1.82) is 0 Å². The molecule has 0 aliphatic heterocycles. The number of hydrogen-bond donors (Lipinski definition) is 0. The summed E-state index contributed by atoms with van der Waals surface area (Å²) in [4.78, 5) is 0. The molecule has 0 heterocycles. The summed E-state index contributed by atoms with van der Waals surface area (Å²) < 4.78 is 12.7. The smallest absolute Gasteiger partial charge is 0.123 e. The minimum atomic E-state index is -0.140. The maximum Gasteiger partial charge on any atom is 0.123 e. The van der Waals surface area contributed by atoms with Gasteiger partial charge in [-0.25, -0.2) is 4.39 Å². The van der Waals surface area contributed by atoms with Crippen LogP contribution >= 0.6 is 0 Å². The van der Waals surface area contributed by atoms with E-state index in [1.54, 1.807) is 12.1 Å². The molecule has 1 atom stereocenters. The van der Waals surface area contributed by atoms with Gasteiger partial charge in [0, 0.05) is 0 Å². The van der Waals surface area contributed by atoms with Crippen molar-refractivity contribution in [3.63, 3.8) is 0 Å². The molecule has 1 aromatic carbocycles. The van der Waals surface area contributed by atoms with Gasteiger partial charge < -0.3 is 0 Å². The number of benzene rings is 1. The van der Waals surface area contributed by atoms with E-state index >= 15 is 0 Å². The van der Waals surface area contributed by atoms with E-state index in [-0.39, 0.29) is 5.82 Å². The molecule has 0 N–H and O–H groups in total. The van der Waals surface area contributed by atoms with Crippen LogP contribution in [0.2, 0.25) is 0 Å². The Kier molecular flexibility index (Phi) is 4.64. The molecule has 78 valence electrons. The molecule has 0 aromatic heterocycles. The second-order valence-corrected chi connectivity index (χ2v) is 3.80. The average molecular weight is 194 g/mol. The minimum absolute atomic E-state index is 0.140. The van der Waals surface area contributed by atoms with Gasteiger partial charge in [-0.1, -0.05) is 38.8 Å². The summed E-state index contributed by atoms with van der Waals surface area (Å²) in [5.74, 6) is 0.467. The van der Waals surface area contributed by atoms with Crippen LogP contribution in [-0.2, 0) is 0 Å². The number of rotatable bonds is 5. The highest BCUT2D eigenvalue weighted by atomic mass is 19.1. The highest BCUT2D eigenvalue weighted by Gasteiger charge is 2.08. The number of halogens is 1. The molecular weight excluding hydrogens is 175 g/mol. The van der Waals surface area contributed by atoms with Crippen LogP contribution in [0, 0.1) is 5.82 Å². The van der Waals surface area contributed by atoms with Gasteiger partial charge in [0.1, 0.15) is 5.82 Å². The van der Waals surface area contributed by atoms with Crippen LogP contribution in [0.1, 0.15) is 51.0 Å². The van der Waals surface area contributed by atoms with Crippen LogP contribution in [0.25, 0.3) is 0 Å². The predicted molar refractivity (Wildman–Crippen MR) is 59.0 cm³/mol. The molecule has 0 amide bonds. The van der Waals surface area contributed by atoms with E-state index in [0.29, 0.717) is 5.92 Å². The molecule has 0 saturated carbocycles. The van der Waals surface area contributed by atoms with E-state index in [1.165, 1.54) is 24.8 Å². The van der Waals surface area contributed by atoms with E-state index in [2.05, 4.69) is 13.8 Å². The monoisotopic (exact) mass is 194 g/mol. The van der Waals surface area contributed by atoms with Gasteiger partial charge in [0.25, 0.3) is 0 Å². The molecule has 0 radical (unpaired) electrons. The van der Waals surface area contributed by atoms with Crippen molar-refractivity contribution in [1.82, 2.24) is 0 Å². The minimum Gasteiger partial charge on any atom is -0.207 e. The maximum absolute atomic E-state index is 12.7. The fourth-order valence-corrected chi connectivity index (χ4v) is 1.79. The van der Waals surface area contributed by atoms with Gasteiger partial charge in [-0.05, 0) is 36.5 Å². The van der Waals surface area contributed by atoms with E-state index in [1.807, 2.05) is 12.1 Å². The SMILES string of the molecule is CCCCC(CC)c1ccc(F)cc1. The van der Waals surface area contributed by atoms with Crippen molar-refractivity contribution in [2.45, 2.75) is 45.4 Å². The van der Waals surface area contributed by atoms with Crippen molar-refractivity contribution in [3.05, 3.63) is 35.6 Å². The Bertz CT molecular complexity index is 250. The Hall–Kier alpha value is -0.850. The second kappa shape index (κ2) is 5.79. The first-order chi connectivity index (χ1) is 6.77. The van der Waals surface area contributed by atoms with Crippen molar-refractivity contribution in [2.75, 3.05) is 0 Å². The van der Waals surface area contributed by atoms with Gasteiger partial charge in [-0.2, -0.15) is 0 Å². The molecule has 0 saturated heterocycles. The average Bonchev–Trinajstić information content (AvgIpc) is 2.21. The Labute approximate surface area is 86.2 Å². The first-order valence-electron chi connectivity index (χ1n) is 5.53. The predicted octanol–water partition coefficient (Wildman–Crippen LogP) is 4.51. The zero-order valence-corrected chi connectivity index (χ0v) is 9.09. The highest BCUT2D eigenvalue weighted by molar-refractivity contribution is 5.20. The van der Waals surface area contributed by atoms with Crippen molar-refractivity contribution in [2.24, 2.45) is 0 Å². The Morgan fingerprint density at radius 3 is 2.29 bits per heavy atom. The Morgan fingerprint density at radius 1 is 1.14 bits per heavy atom. The third-order valence-corrected chi connectivity index (χ3v) is 2.74. The molecule has 0 bridgehead atoms. The summed E-state index contributed by atoms with van der Waals surface area (Å²) in [7, 11) is 0. The van der Waals surface area contributed by atoms with Gasteiger partial charge in [-0.3, -0.25) is 0 Å². The van der Waals surface area contributed by atoms with Crippen molar-refractivity contribution in [3.8, 4) is 0 Å². The lowest BCUT2D eigenvalue weighted by atomic mass is 9.91. The molecular formula is C13H19F. The topological polar surface area (TPSA) is 0 Å². The van der Waals surface area contributed by atoms with Crippen molar-refractivity contribution < 1.29 is 4.39 Å². The highest BCUT2D eigenvalue weighted by Crippen LogP contribution is 2.25. The molecule has 0 aliphatic rings. The first kappa shape index (κ1) is 11.2. The van der Waals surface area contributed by atoms with Crippen molar-refractivity contribution >= 4 is 0 Å². The lowest BCUT2D eigenvalue weighted by Gasteiger charge is -2.14. The normalized spacial score (nSPS) is 12.8. The molecule has 0 spiro atoms. The van der Waals surface area contributed by atoms with E-state index in [9.17, 15) is 4.39 Å². The summed E-state index contributed by atoms with van der Waals surface area (Å²) >= 11 is 0. The third-order valence-electron chi connectivity index (χ3n) is 2.74. The zero-order valence-electron chi connectivity index (χ0n) is 9.09. The molecule has 1 unspecified atom stereocenters. The fraction of sp³-hybridized carbons (Fsp3) is 0.538. The lowest BCUT2D eigenvalue weighted by Crippen LogP contribution is -1.97. The molecule has 0 fully saturated rings.